The monoisotopic (exact) mass is 422 g/mol. The molecule has 158 valence electrons. The summed E-state index contributed by atoms with van der Waals surface area (Å²) >= 11 is 6.36. The molecule has 1 aliphatic carbocycles. The van der Waals surface area contributed by atoms with E-state index in [1.807, 2.05) is 0 Å². The van der Waals surface area contributed by atoms with E-state index in [0.717, 1.165) is 25.7 Å². The third-order valence-electron chi connectivity index (χ3n) is 6.56. The number of rotatable bonds is 4. The quantitative estimate of drug-likeness (QED) is 0.752. The van der Waals surface area contributed by atoms with Crippen LogP contribution in [0.3, 0.4) is 0 Å². The van der Waals surface area contributed by atoms with Crippen LogP contribution in [0.2, 0.25) is 0 Å². The van der Waals surface area contributed by atoms with Crippen molar-refractivity contribution in [2.75, 3.05) is 13.2 Å². The molecule has 8 heteroatoms. The van der Waals surface area contributed by atoms with Crippen LogP contribution in [0.5, 0.6) is 0 Å². The molecular formula is C21H27ClN2O5. The summed E-state index contributed by atoms with van der Waals surface area (Å²) in [5.74, 6) is -0.655. The van der Waals surface area contributed by atoms with Crippen molar-refractivity contribution in [3.05, 3.63) is 24.2 Å². The topological polar surface area (TPSA) is 88.8 Å². The molecule has 7 nitrogen and oxygen atoms in total. The van der Waals surface area contributed by atoms with Crippen molar-refractivity contribution < 1.29 is 23.5 Å². The lowest BCUT2D eigenvalue weighted by molar-refractivity contribution is -0.139. The minimum Gasteiger partial charge on any atom is -0.459 e. The van der Waals surface area contributed by atoms with Crippen LogP contribution in [-0.2, 0) is 14.3 Å². The molecule has 1 N–H and O–H groups in total. The van der Waals surface area contributed by atoms with Gasteiger partial charge in [-0.1, -0.05) is 13.8 Å². The van der Waals surface area contributed by atoms with E-state index in [9.17, 15) is 14.4 Å². The van der Waals surface area contributed by atoms with Crippen LogP contribution < -0.4 is 5.32 Å². The fraction of sp³-hybridized carbons (Fsp3) is 0.667. The fourth-order valence-corrected chi connectivity index (χ4v) is 5.12. The Morgan fingerprint density at radius 2 is 2.03 bits per heavy atom. The second-order valence-corrected chi connectivity index (χ2v) is 9.68. The van der Waals surface area contributed by atoms with E-state index in [0.29, 0.717) is 0 Å². The minimum absolute atomic E-state index is 0.000291. The van der Waals surface area contributed by atoms with Crippen LogP contribution in [0.25, 0.3) is 0 Å². The summed E-state index contributed by atoms with van der Waals surface area (Å²) in [4.78, 5) is 40.1. The Bertz CT molecular complexity index is 783. The van der Waals surface area contributed by atoms with Gasteiger partial charge in [0.05, 0.1) is 11.6 Å². The van der Waals surface area contributed by atoms with Crippen LogP contribution in [0.1, 0.15) is 50.1 Å². The number of amides is 2. The highest BCUT2D eigenvalue weighted by Crippen LogP contribution is 2.40. The predicted octanol–water partition coefficient (Wildman–Crippen LogP) is 2.38. The van der Waals surface area contributed by atoms with Gasteiger partial charge in [-0.05, 0) is 49.1 Å². The standard InChI is InChI=1S/C21H27ClN2O5/c1-21(2)7-5-12(6-8-21)16(23-19(26)15-4-3-9-28-15)20(27)24-10-13(22)18-17(24)14(25)11-29-18/h3-4,9,12-13,16-18H,5-8,10-11H2,1-2H3,(H,23,26)/t13-,16-,17+,18+/m0/s1. The average molecular weight is 423 g/mol. The van der Waals surface area contributed by atoms with Gasteiger partial charge in [0.1, 0.15) is 24.8 Å². The Hall–Kier alpha value is -1.86. The first-order valence-electron chi connectivity index (χ1n) is 10.2. The molecule has 2 saturated heterocycles. The molecule has 4 rings (SSSR count). The summed E-state index contributed by atoms with van der Waals surface area (Å²) in [6, 6.07) is 1.82. The highest BCUT2D eigenvalue weighted by Gasteiger charge is 2.53. The summed E-state index contributed by atoms with van der Waals surface area (Å²) in [5.41, 5.74) is 0.227. The number of carbonyl (C=O) groups excluding carboxylic acids is 3. The van der Waals surface area contributed by atoms with E-state index in [-0.39, 0.29) is 41.9 Å². The number of alkyl halides is 1. The molecule has 0 bridgehead atoms. The highest BCUT2D eigenvalue weighted by atomic mass is 35.5. The third-order valence-corrected chi connectivity index (χ3v) is 6.94. The molecule has 0 radical (unpaired) electrons. The Kier molecular flexibility index (Phi) is 5.46. The number of hydrogen-bond donors (Lipinski definition) is 1. The van der Waals surface area contributed by atoms with Crippen molar-refractivity contribution in [3.8, 4) is 0 Å². The number of ether oxygens (including phenoxy) is 1. The van der Waals surface area contributed by atoms with Crippen molar-refractivity contribution in [2.45, 2.75) is 63.1 Å². The van der Waals surface area contributed by atoms with Gasteiger partial charge in [0, 0.05) is 6.54 Å². The zero-order chi connectivity index (χ0) is 20.8. The zero-order valence-electron chi connectivity index (χ0n) is 16.7. The average Bonchev–Trinajstić information content (AvgIpc) is 3.40. The van der Waals surface area contributed by atoms with Gasteiger partial charge in [0.15, 0.2) is 11.5 Å². The van der Waals surface area contributed by atoms with Gasteiger partial charge in [-0.15, -0.1) is 11.6 Å². The Morgan fingerprint density at radius 3 is 2.69 bits per heavy atom. The van der Waals surface area contributed by atoms with E-state index < -0.39 is 29.5 Å². The summed E-state index contributed by atoms with van der Waals surface area (Å²) in [7, 11) is 0. The van der Waals surface area contributed by atoms with Gasteiger partial charge in [0.2, 0.25) is 5.91 Å². The molecule has 0 spiro atoms. The van der Waals surface area contributed by atoms with Crippen LogP contribution in [0.4, 0.5) is 0 Å². The number of likely N-dealkylation sites (tertiary alicyclic amines) is 1. The molecule has 4 atom stereocenters. The first kappa shape index (κ1) is 20.4. The minimum atomic E-state index is -0.722. The number of hydrogen-bond acceptors (Lipinski definition) is 5. The number of halogens is 1. The number of nitrogens with zero attached hydrogens (tertiary/aromatic N) is 1. The van der Waals surface area contributed by atoms with Gasteiger partial charge in [-0.2, -0.15) is 0 Å². The molecule has 1 saturated carbocycles. The molecule has 1 aromatic rings. The van der Waals surface area contributed by atoms with Crippen LogP contribution in [0.15, 0.2) is 22.8 Å². The van der Waals surface area contributed by atoms with Crippen LogP contribution >= 0.6 is 11.6 Å². The Labute approximate surface area is 175 Å². The van der Waals surface area contributed by atoms with Crippen molar-refractivity contribution in [3.63, 3.8) is 0 Å². The number of fused-ring (bicyclic) bond motifs is 1. The smallest absolute Gasteiger partial charge is 0.287 e. The molecule has 3 aliphatic rings. The number of carbonyl (C=O) groups is 3. The van der Waals surface area contributed by atoms with Crippen LogP contribution in [-0.4, -0.2) is 59.2 Å². The molecule has 2 amide bonds. The SMILES string of the molecule is CC1(C)CCC([C@H](NC(=O)c2ccco2)C(=O)N2C[C@H](Cl)[C@H]3OCC(=O)[C@H]32)CC1. The van der Waals surface area contributed by atoms with E-state index in [1.54, 1.807) is 12.1 Å². The van der Waals surface area contributed by atoms with E-state index >= 15 is 0 Å². The van der Waals surface area contributed by atoms with Crippen molar-refractivity contribution >= 4 is 29.2 Å². The molecule has 0 aromatic carbocycles. The summed E-state index contributed by atoms with van der Waals surface area (Å²) in [6.07, 6.45) is 4.57. The second kappa shape index (κ2) is 7.76. The first-order valence-corrected chi connectivity index (χ1v) is 10.6. The van der Waals surface area contributed by atoms with Gasteiger partial charge in [-0.25, -0.2) is 0 Å². The third kappa shape index (κ3) is 3.94. The van der Waals surface area contributed by atoms with Crippen molar-refractivity contribution in [1.82, 2.24) is 10.2 Å². The molecule has 3 heterocycles. The number of ketones is 1. The lowest BCUT2D eigenvalue weighted by Crippen LogP contribution is -2.55. The fourth-order valence-electron chi connectivity index (χ4n) is 4.76. The number of nitrogens with one attached hydrogen (secondary N) is 1. The van der Waals surface area contributed by atoms with Gasteiger partial charge >= 0.3 is 0 Å². The van der Waals surface area contributed by atoms with E-state index in [4.69, 9.17) is 20.8 Å². The molecule has 3 fully saturated rings. The normalized spacial score (nSPS) is 30.2. The van der Waals surface area contributed by atoms with Crippen LogP contribution in [0, 0.1) is 11.3 Å². The summed E-state index contributed by atoms with van der Waals surface area (Å²) < 4.78 is 10.7. The van der Waals surface area contributed by atoms with Gasteiger partial charge < -0.3 is 19.4 Å². The molecular weight excluding hydrogens is 396 g/mol. The van der Waals surface area contributed by atoms with Crippen molar-refractivity contribution in [1.29, 1.82) is 0 Å². The Balaban J connectivity index is 1.56. The Morgan fingerprint density at radius 1 is 1.31 bits per heavy atom. The lowest BCUT2D eigenvalue weighted by atomic mass is 9.71. The van der Waals surface area contributed by atoms with Crippen molar-refractivity contribution in [2.24, 2.45) is 11.3 Å². The maximum absolute atomic E-state index is 13.6. The second-order valence-electron chi connectivity index (χ2n) is 9.12. The van der Waals surface area contributed by atoms with E-state index in [1.165, 1.54) is 11.2 Å². The lowest BCUT2D eigenvalue weighted by Gasteiger charge is -2.39. The largest absolute Gasteiger partial charge is 0.459 e. The summed E-state index contributed by atoms with van der Waals surface area (Å²) in [5, 5.41) is 2.46. The maximum atomic E-state index is 13.6. The molecule has 2 aliphatic heterocycles. The summed E-state index contributed by atoms with van der Waals surface area (Å²) in [6.45, 7) is 4.66. The number of Topliss-reactive ketones (excluding diaryl/α,β-unsaturated/α-hetero) is 1. The highest BCUT2D eigenvalue weighted by molar-refractivity contribution is 6.22. The zero-order valence-corrected chi connectivity index (χ0v) is 17.5. The van der Waals surface area contributed by atoms with Gasteiger partial charge in [0.25, 0.3) is 5.91 Å². The number of furan rings is 1. The van der Waals surface area contributed by atoms with E-state index in [2.05, 4.69) is 19.2 Å². The molecule has 1 aromatic heterocycles. The first-order chi connectivity index (χ1) is 13.8. The molecule has 0 unspecified atom stereocenters. The predicted molar refractivity (Wildman–Crippen MR) is 106 cm³/mol. The van der Waals surface area contributed by atoms with Gasteiger partial charge in [-0.3, -0.25) is 14.4 Å². The maximum Gasteiger partial charge on any atom is 0.287 e. The molecule has 29 heavy (non-hydrogen) atoms.